The number of rotatable bonds is 7. The molecule has 1 amide bonds. The van der Waals surface area contributed by atoms with Gasteiger partial charge in [-0.25, -0.2) is 15.8 Å². The molecule has 4 heterocycles. The van der Waals surface area contributed by atoms with Crippen LogP contribution in [0.2, 0.25) is 0 Å². The maximum absolute atomic E-state index is 12.2. The van der Waals surface area contributed by atoms with Gasteiger partial charge in [-0.3, -0.25) is 19.5 Å². The van der Waals surface area contributed by atoms with Crippen molar-refractivity contribution in [3.63, 3.8) is 0 Å². The van der Waals surface area contributed by atoms with E-state index in [0.717, 1.165) is 10.6 Å². The summed E-state index contributed by atoms with van der Waals surface area (Å²) in [6.45, 7) is 0.268. The van der Waals surface area contributed by atoms with Crippen LogP contribution in [0.3, 0.4) is 0 Å². The molecule has 2 unspecified atom stereocenters. The molecule has 1 aromatic carbocycles. The highest BCUT2D eigenvalue weighted by Gasteiger charge is 2.38. The minimum Gasteiger partial charge on any atom is -0.497 e. The van der Waals surface area contributed by atoms with E-state index in [9.17, 15) is 9.90 Å². The Labute approximate surface area is 206 Å². The van der Waals surface area contributed by atoms with Crippen LogP contribution in [0.1, 0.15) is 6.42 Å². The topological polar surface area (TPSA) is 145 Å². The van der Waals surface area contributed by atoms with Crippen molar-refractivity contribution in [1.82, 2.24) is 29.7 Å². The van der Waals surface area contributed by atoms with Gasteiger partial charge in [0.25, 0.3) is 5.91 Å². The first-order valence-corrected chi connectivity index (χ1v) is 11.3. The zero-order valence-electron chi connectivity index (χ0n) is 20.1. The highest BCUT2D eigenvalue weighted by Crippen LogP contribution is 2.34. The molecule has 186 valence electrons. The maximum Gasteiger partial charge on any atom is 0.265 e. The van der Waals surface area contributed by atoms with Gasteiger partial charge >= 0.3 is 0 Å². The van der Waals surface area contributed by atoms with Crippen LogP contribution < -0.4 is 20.2 Å². The van der Waals surface area contributed by atoms with Crippen LogP contribution in [0.25, 0.3) is 22.4 Å². The molecule has 36 heavy (non-hydrogen) atoms. The Morgan fingerprint density at radius 2 is 1.89 bits per heavy atom. The molecular weight excluding hydrogens is 464 g/mol. The first-order valence-electron chi connectivity index (χ1n) is 11.3. The molecule has 5 rings (SSSR count). The fraction of sp³-hybridized carbons (Fsp3) is 0.292. The number of aromatic nitrogens is 5. The fourth-order valence-electron chi connectivity index (χ4n) is 4.21. The Bertz CT molecular complexity index is 1400. The van der Waals surface area contributed by atoms with Gasteiger partial charge in [-0.2, -0.15) is 5.10 Å². The maximum atomic E-state index is 12.2. The number of aryl methyl sites for hydroxylation is 1. The Morgan fingerprint density at radius 1 is 1.14 bits per heavy atom. The number of hydrogen-bond acceptors (Lipinski definition) is 10. The van der Waals surface area contributed by atoms with Gasteiger partial charge in [0.2, 0.25) is 0 Å². The molecule has 3 aromatic heterocycles. The van der Waals surface area contributed by atoms with Crippen LogP contribution in [-0.2, 0) is 11.8 Å². The molecule has 1 fully saturated rings. The molecule has 4 aromatic rings. The lowest BCUT2D eigenvalue weighted by Crippen LogP contribution is -2.45. The number of nitrogens with two attached hydrogens (primary N) is 1. The Balaban J connectivity index is 1.59. The molecular formula is C24H26N8O4. The second-order valence-electron chi connectivity index (χ2n) is 8.50. The first-order chi connectivity index (χ1) is 17.4. The van der Waals surface area contributed by atoms with Crippen molar-refractivity contribution in [2.24, 2.45) is 12.9 Å². The number of fused-ring (bicyclic) bond motifs is 1. The van der Waals surface area contributed by atoms with Crippen LogP contribution in [0, 0.1) is 0 Å². The van der Waals surface area contributed by atoms with Crippen molar-refractivity contribution < 1.29 is 19.4 Å². The molecule has 1 saturated heterocycles. The van der Waals surface area contributed by atoms with Crippen LogP contribution in [0.4, 0.5) is 11.5 Å². The summed E-state index contributed by atoms with van der Waals surface area (Å²) in [5.41, 5.74) is 3.25. The molecule has 12 nitrogen and oxygen atoms in total. The third-order valence-corrected chi connectivity index (χ3v) is 6.14. The number of hydrazine groups is 1. The Kier molecular flexibility index (Phi) is 6.12. The molecule has 1 aliphatic heterocycles. The number of hydrogen-bond donors (Lipinski definition) is 2. The molecule has 0 spiro atoms. The largest absolute Gasteiger partial charge is 0.497 e. The highest BCUT2D eigenvalue weighted by atomic mass is 16.5. The molecule has 1 aliphatic rings. The van der Waals surface area contributed by atoms with Crippen molar-refractivity contribution >= 4 is 28.6 Å². The lowest BCUT2D eigenvalue weighted by Gasteiger charge is -2.30. The van der Waals surface area contributed by atoms with Gasteiger partial charge in [-0.15, -0.1) is 0 Å². The van der Waals surface area contributed by atoms with Crippen molar-refractivity contribution in [1.29, 1.82) is 0 Å². The SMILES string of the molecule is COc1cc(OC)cc(N(CC2CC(O)C(=O)N2N)c2ccc3ncc(-c4cnn(C)c4)nc3n2)c1. The monoisotopic (exact) mass is 490 g/mol. The van der Waals surface area contributed by atoms with E-state index in [1.807, 2.05) is 42.4 Å². The van der Waals surface area contributed by atoms with Crippen LogP contribution in [-0.4, -0.2) is 73.7 Å². The molecule has 2 atom stereocenters. The van der Waals surface area contributed by atoms with E-state index < -0.39 is 18.1 Å². The number of methoxy groups -OCH3 is 2. The number of ether oxygens (including phenoxy) is 2. The zero-order valence-corrected chi connectivity index (χ0v) is 20.1. The quantitative estimate of drug-likeness (QED) is 0.288. The Morgan fingerprint density at radius 3 is 2.50 bits per heavy atom. The smallest absolute Gasteiger partial charge is 0.265 e. The summed E-state index contributed by atoms with van der Waals surface area (Å²) in [4.78, 5) is 28.1. The molecule has 0 aliphatic carbocycles. The summed E-state index contributed by atoms with van der Waals surface area (Å²) in [6.07, 6.45) is 4.31. The van der Waals surface area contributed by atoms with Gasteiger partial charge in [-0.05, 0) is 12.1 Å². The zero-order chi connectivity index (χ0) is 25.4. The number of amides is 1. The average molecular weight is 491 g/mol. The second-order valence-corrected chi connectivity index (χ2v) is 8.50. The van der Waals surface area contributed by atoms with E-state index in [1.54, 1.807) is 37.4 Å². The number of carbonyl (C=O) groups excluding carboxylic acids is 1. The average Bonchev–Trinajstić information content (AvgIpc) is 3.44. The number of carbonyl (C=O) groups is 1. The van der Waals surface area contributed by atoms with E-state index in [0.29, 0.717) is 39.9 Å². The van der Waals surface area contributed by atoms with Gasteiger partial charge < -0.3 is 19.5 Å². The normalized spacial score (nSPS) is 17.6. The Hall–Kier alpha value is -4.29. The van der Waals surface area contributed by atoms with Crippen molar-refractivity contribution in [3.05, 3.63) is 48.9 Å². The van der Waals surface area contributed by atoms with E-state index in [4.69, 9.17) is 25.3 Å². The lowest BCUT2D eigenvalue weighted by molar-refractivity contribution is -0.135. The minimum atomic E-state index is -1.14. The van der Waals surface area contributed by atoms with Crippen molar-refractivity contribution in [3.8, 4) is 22.8 Å². The predicted molar refractivity (Wildman–Crippen MR) is 132 cm³/mol. The van der Waals surface area contributed by atoms with E-state index >= 15 is 0 Å². The molecule has 12 heteroatoms. The van der Waals surface area contributed by atoms with E-state index in [-0.39, 0.29) is 13.0 Å². The third kappa shape index (κ3) is 4.39. The standard InChI is InChI=1S/C24H26N8O4/c1-30-12-14(10-27-30)20-11-26-19-4-5-22(29-23(19)28-20)31(13-16-8-21(33)24(34)32(16)25)15-6-17(35-2)9-18(7-15)36-3/h4-7,9-12,16,21,33H,8,13,25H2,1-3H3. The molecule has 3 N–H and O–H groups in total. The van der Waals surface area contributed by atoms with Crippen LogP contribution in [0.5, 0.6) is 11.5 Å². The van der Waals surface area contributed by atoms with Crippen LogP contribution in [0.15, 0.2) is 48.9 Å². The molecule has 0 radical (unpaired) electrons. The van der Waals surface area contributed by atoms with Crippen molar-refractivity contribution in [2.45, 2.75) is 18.6 Å². The van der Waals surface area contributed by atoms with Crippen molar-refractivity contribution in [2.75, 3.05) is 25.7 Å². The van der Waals surface area contributed by atoms with E-state index in [1.165, 1.54) is 0 Å². The summed E-state index contributed by atoms with van der Waals surface area (Å²) in [6, 6.07) is 8.63. The summed E-state index contributed by atoms with van der Waals surface area (Å²) in [5.74, 6) is 7.21. The van der Waals surface area contributed by atoms with E-state index in [2.05, 4.69) is 10.1 Å². The van der Waals surface area contributed by atoms with Gasteiger partial charge in [0.1, 0.15) is 28.9 Å². The number of anilines is 2. The molecule has 0 bridgehead atoms. The number of pyridine rings is 1. The molecule has 0 saturated carbocycles. The second kappa shape index (κ2) is 9.40. The lowest BCUT2D eigenvalue weighted by atomic mass is 10.1. The summed E-state index contributed by atoms with van der Waals surface area (Å²) >= 11 is 0. The van der Waals surface area contributed by atoms with Gasteiger partial charge in [-0.1, -0.05) is 0 Å². The summed E-state index contributed by atoms with van der Waals surface area (Å²) in [7, 11) is 4.97. The first kappa shape index (κ1) is 23.5. The predicted octanol–water partition coefficient (Wildman–Crippen LogP) is 1.42. The van der Waals surface area contributed by atoms with Crippen LogP contribution >= 0.6 is 0 Å². The van der Waals surface area contributed by atoms with Gasteiger partial charge in [0.15, 0.2) is 5.65 Å². The van der Waals surface area contributed by atoms with Gasteiger partial charge in [0.05, 0.1) is 38.3 Å². The summed E-state index contributed by atoms with van der Waals surface area (Å²) in [5, 5.41) is 15.3. The number of benzene rings is 1. The van der Waals surface area contributed by atoms with Gasteiger partial charge in [0, 0.05) is 55.7 Å². The fourth-order valence-corrected chi connectivity index (χ4v) is 4.21. The number of nitrogens with zero attached hydrogens (tertiary/aromatic N) is 7. The third-order valence-electron chi connectivity index (χ3n) is 6.14. The minimum absolute atomic E-state index is 0.200. The summed E-state index contributed by atoms with van der Waals surface area (Å²) < 4.78 is 12.6. The highest BCUT2D eigenvalue weighted by molar-refractivity contribution is 5.83. The number of aliphatic hydroxyl groups excluding tert-OH is 1. The number of aliphatic hydroxyl groups is 1.